The van der Waals surface area contributed by atoms with Crippen LogP contribution in [0.4, 0.5) is 0 Å². The van der Waals surface area contributed by atoms with Crippen LogP contribution in [0.1, 0.15) is 12.5 Å². The zero-order valence-corrected chi connectivity index (χ0v) is 5.78. The van der Waals surface area contributed by atoms with Gasteiger partial charge in [0.05, 0.1) is 5.56 Å². The molecule has 1 aromatic rings. The Balaban J connectivity index is 3.08. The third-order valence-electron chi connectivity index (χ3n) is 1.34. The highest BCUT2D eigenvalue weighted by molar-refractivity contribution is 5.94. The van der Waals surface area contributed by atoms with Crippen LogP contribution in [0.5, 0.6) is 0 Å². The zero-order valence-electron chi connectivity index (χ0n) is 5.78. The van der Waals surface area contributed by atoms with Crippen molar-refractivity contribution in [2.24, 2.45) is 0 Å². The highest BCUT2D eigenvalue weighted by atomic mass is 14.8. The molecule has 0 saturated carbocycles. The van der Waals surface area contributed by atoms with Gasteiger partial charge in [0.25, 0.3) is 5.71 Å². The fourth-order valence-corrected chi connectivity index (χ4v) is 0.737. The van der Waals surface area contributed by atoms with Crippen molar-refractivity contribution in [1.29, 1.82) is 0 Å². The van der Waals surface area contributed by atoms with Gasteiger partial charge in [-0.25, -0.2) is 0 Å². The number of nitrogens with zero attached hydrogens (tertiary/aromatic N) is 2. The molecule has 0 saturated heterocycles. The van der Waals surface area contributed by atoms with Gasteiger partial charge in [-0.15, -0.1) is 0 Å². The average Bonchev–Trinajstić information content (AvgIpc) is 2.05. The van der Waals surface area contributed by atoms with Gasteiger partial charge in [0.1, 0.15) is 0 Å². The van der Waals surface area contributed by atoms with Crippen molar-refractivity contribution in [2.45, 2.75) is 6.92 Å². The van der Waals surface area contributed by atoms with Crippen molar-refractivity contribution in [3.8, 4) is 0 Å². The van der Waals surface area contributed by atoms with Crippen molar-refractivity contribution in [3.05, 3.63) is 41.4 Å². The Kier molecular flexibility index (Phi) is 1.98. The standard InChI is InChI=1S/C8H8N2/c1-7(10-9)8-5-3-2-4-6-8/h2-6H,1H3. The molecule has 0 atom stereocenters. The summed E-state index contributed by atoms with van der Waals surface area (Å²) in [4.78, 5) is 3.08. The first-order chi connectivity index (χ1) is 4.84. The molecule has 0 aliphatic carbocycles. The minimum absolute atomic E-state index is 0.639. The summed E-state index contributed by atoms with van der Waals surface area (Å²) < 4.78 is 0. The molecule has 0 aliphatic heterocycles. The summed E-state index contributed by atoms with van der Waals surface area (Å²) in [5.41, 5.74) is 9.96. The van der Waals surface area contributed by atoms with E-state index < -0.39 is 0 Å². The third-order valence-corrected chi connectivity index (χ3v) is 1.34. The number of hydrogen-bond acceptors (Lipinski definition) is 0. The average molecular weight is 132 g/mol. The molecule has 0 bridgehead atoms. The molecule has 0 radical (unpaired) electrons. The monoisotopic (exact) mass is 132 g/mol. The van der Waals surface area contributed by atoms with Crippen LogP contribution in [0.15, 0.2) is 30.3 Å². The lowest BCUT2D eigenvalue weighted by Crippen LogP contribution is -1.93. The van der Waals surface area contributed by atoms with E-state index in [1.165, 1.54) is 0 Å². The topological polar surface area (TPSA) is 36.4 Å². The van der Waals surface area contributed by atoms with Gasteiger partial charge in [-0.05, 0) is 12.1 Å². The zero-order chi connectivity index (χ0) is 7.40. The van der Waals surface area contributed by atoms with E-state index in [0.29, 0.717) is 5.71 Å². The Morgan fingerprint density at radius 1 is 1.30 bits per heavy atom. The quantitative estimate of drug-likeness (QED) is 0.317. The maximum Gasteiger partial charge on any atom is 0.296 e. The van der Waals surface area contributed by atoms with Gasteiger partial charge in [-0.2, -0.15) is 4.79 Å². The number of rotatable bonds is 1. The Bertz CT molecular complexity index is 258. The fraction of sp³-hybridized carbons (Fsp3) is 0.125. The highest BCUT2D eigenvalue weighted by Crippen LogP contribution is 1.97. The Morgan fingerprint density at radius 3 is 2.40 bits per heavy atom. The van der Waals surface area contributed by atoms with E-state index in [1.807, 2.05) is 30.3 Å². The summed E-state index contributed by atoms with van der Waals surface area (Å²) in [5, 5.41) is 0. The van der Waals surface area contributed by atoms with Crippen LogP contribution < -0.4 is 0 Å². The van der Waals surface area contributed by atoms with E-state index in [0.717, 1.165) is 5.56 Å². The molecule has 0 unspecified atom stereocenters. The summed E-state index contributed by atoms with van der Waals surface area (Å²) >= 11 is 0. The molecule has 1 aromatic carbocycles. The minimum Gasteiger partial charge on any atom is -0.361 e. The highest BCUT2D eigenvalue weighted by Gasteiger charge is 2.00. The smallest absolute Gasteiger partial charge is 0.296 e. The molecule has 0 aliphatic rings. The maximum atomic E-state index is 8.38. The molecule has 2 heteroatoms. The van der Waals surface area contributed by atoms with Crippen molar-refractivity contribution in [3.63, 3.8) is 0 Å². The summed E-state index contributed by atoms with van der Waals surface area (Å²) in [6.45, 7) is 1.76. The number of benzene rings is 1. The van der Waals surface area contributed by atoms with E-state index in [2.05, 4.69) is 4.79 Å². The van der Waals surface area contributed by atoms with Crippen LogP contribution in [0.2, 0.25) is 0 Å². The van der Waals surface area contributed by atoms with Gasteiger partial charge in [0.2, 0.25) is 0 Å². The van der Waals surface area contributed by atoms with Gasteiger partial charge in [-0.1, -0.05) is 18.2 Å². The Labute approximate surface area is 59.7 Å². The second-order valence-electron chi connectivity index (χ2n) is 2.05. The third kappa shape index (κ3) is 1.30. The van der Waals surface area contributed by atoms with Gasteiger partial charge in [0.15, 0.2) is 0 Å². The second-order valence-corrected chi connectivity index (χ2v) is 2.05. The Hall–Kier alpha value is -1.40. The first-order valence-electron chi connectivity index (χ1n) is 3.08. The molecule has 2 nitrogen and oxygen atoms in total. The lowest BCUT2D eigenvalue weighted by Gasteiger charge is -1.86. The van der Waals surface area contributed by atoms with Gasteiger partial charge < -0.3 is 5.53 Å². The van der Waals surface area contributed by atoms with Crippen molar-refractivity contribution in [1.82, 2.24) is 0 Å². The lowest BCUT2D eigenvalue weighted by molar-refractivity contribution is -0.00460. The first-order valence-corrected chi connectivity index (χ1v) is 3.08. The van der Waals surface area contributed by atoms with Crippen molar-refractivity contribution < 1.29 is 4.79 Å². The molecule has 0 aromatic heterocycles. The summed E-state index contributed by atoms with van der Waals surface area (Å²) in [6, 6.07) is 9.53. The molecule has 0 amide bonds. The summed E-state index contributed by atoms with van der Waals surface area (Å²) in [6.07, 6.45) is 0. The normalized spacial score (nSPS) is 8.50. The maximum absolute atomic E-state index is 8.38. The second kappa shape index (κ2) is 2.95. The molecular weight excluding hydrogens is 124 g/mol. The van der Waals surface area contributed by atoms with Crippen molar-refractivity contribution in [2.75, 3.05) is 0 Å². The van der Waals surface area contributed by atoms with Crippen molar-refractivity contribution >= 4 is 5.71 Å². The molecule has 1 rings (SSSR count). The van der Waals surface area contributed by atoms with Crippen LogP contribution in [0, 0.1) is 0 Å². The minimum atomic E-state index is 0.639. The number of hydrogen-bond donors (Lipinski definition) is 0. The van der Waals surface area contributed by atoms with E-state index in [4.69, 9.17) is 5.53 Å². The van der Waals surface area contributed by atoms with E-state index in [9.17, 15) is 0 Å². The summed E-state index contributed by atoms with van der Waals surface area (Å²) in [7, 11) is 0. The first kappa shape index (κ1) is 6.72. The van der Waals surface area contributed by atoms with E-state index in [1.54, 1.807) is 6.92 Å². The van der Waals surface area contributed by atoms with Crippen LogP contribution >= 0.6 is 0 Å². The fourth-order valence-electron chi connectivity index (χ4n) is 0.737. The van der Waals surface area contributed by atoms with Gasteiger partial charge in [-0.3, -0.25) is 0 Å². The predicted octanol–water partition coefficient (Wildman–Crippen LogP) is 1.73. The van der Waals surface area contributed by atoms with Crippen LogP contribution in [0.3, 0.4) is 0 Å². The predicted molar refractivity (Wildman–Crippen MR) is 39.8 cm³/mol. The van der Waals surface area contributed by atoms with Crippen LogP contribution in [-0.2, 0) is 0 Å². The summed E-state index contributed by atoms with van der Waals surface area (Å²) in [5.74, 6) is 0. The lowest BCUT2D eigenvalue weighted by atomic mass is 10.1. The van der Waals surface area contributed by atoms with Crippen LogP contribution in [-0.4, -0.2) is 10.5 Å². The SMILES string of the molecule is CC(=[N+]=[N-])c1ccccc1. The molecule has 10 heavy (non-hydrogen) atoms. The van der Waals surface area contributed by atoms with Gasteiger partial charge in [0, 0.05) is 6.92 Å². The molecule has 0 spiro atoms. The molecule has 0 N–H and O–H groups in total. The Morgan fingerprint density at radius 2 is 1.90 bits per heavy atom. The van der Waals surface area contributed by atoms with Crippen LogP contribution in [0.25, 0.3) is 5.53 Å². The largest absolute Gasteiger partial charge is 0.361 e. The molecular formula is C8H8N2. The molecule has 0 fully saturated rings. The molecule has 50 valence electrons. The molecule has 0 heterocycles. The van der Waals surface area contributed by atoms with E-state index >= 15 is 0 Å². The van der Waals surface area contributed by atoms with E-state index in [-0.39, 0.29) is 0 Å². The van der Waals surface area contributed by atoms with Gasteiger partial charge >= 0.3 is 0 Å².